The van der Waals surface area contributed by atoms with E-state index in [0.29, 0.717) is 10.6 Å². The van der Waals surface area contributed by atoms with Gasteiger partial charge in [-0.25, -0.2) is 4.52 Å². The number of aryl methyl sites for hydroxylation is 1. The van der Waals surface area contributed by atoms with Crippen LogP contribution in [0.4, 0.5) is 13.2 Å². The van der Waals surface area contributed by atoms with Gasteiger partial charge < -0.3 is 10.3 Å². The molecule has 1 aliphatic carbocycles. The summed E-state index contributed by atoms with van der Waals surface area (Å²) < 4.78 is 42.2. The van der Waals surface area contributed by atoms with Crippen LogP contribution in [0, 0.1) is 12.8 Å². The minimum Gasteiger partial charge on any atom is -0.348 e. The quantitative estimate of drug-likeness (QED) is 0.640. The predicted octanol–water partition coefficient (Wildman–Crippen LogP) is 4.20. The number of nitrogens with zero attached hydrogens (tertiary/aromatic N) is 2. The fourth-order valence-electron chi connectivity index (χ4n) is 3.46. The van der Waals surface area contributed by atoms with Gasteiger partial charge in [0.05, 0.1) is 11.9 Å². The second-order valence-corrected chi connectivity index (χ2v) is 7.98. The molecule has 158 valence electrons. The molecule has 0 bridgehead atoms. The Hall–Kier alpha value is -2.81. The van der Waals surface area contributed by atoms with E-state index in [4.69, 9.17) is 11.6 Å². The van der Waals surface area contributed by atoms with Crippen LogP contribution in [-0.4, -0.2) is 26.5 Å². The van der Waals surface area contributed by atoms with Crippen LogP contribution in [0.1, 0.15) is 41.4 Å². The number of benzene rings is 1. The van der Waals surface area contributed by atoms with Crippen LogP contribution in [-0.2, 0) is 6.18 Å². The van der Waals surface area contributed by atoms with E-state index >= 15 is 0 Å². The third-order valence-electron chi connectivity index (χ3n) is 5.28. The molecule has 1 atom stereocenters. The van der Waals surface area contributed by atoms with E-state index in [1.54, 1.807) is 32.0 Å². The highest BCUT2D eigenvalue weighted by molar-refractivity contribution is 6.31. The van der Waals surface area contributed by atoms with Crippen LogP contribution in [0.2, 0.25) is 5.02 Å². The number of aromatic nitrogens is 3. The van der Waals surface area contributed by atoms with Gasteiger partial charge in [0.25, 0.3) is 11.5 Å². The number of H-pyrrole nitrogens is 1. The van der Waals surface area contributed by atoms with Crippen molar-refractivity contribution < 1.29 is 18.0 Å². The minimum atomic E-state index is -4.93. The molecule has 2 heterocycles. The molecule has 6 nitrogen and oxygen atoms in total. The molecule has 1 saturated carbocycles. The monoisotopic (exact) mass is 438 g/mol. The molecule has 4 rings (SSSR count). The summed E-state index contributed by atoms with van der Waals surface area (Å²) in [5.41, 5.74) is -2.33. The standard InChI is InChI=1S/C20H18ClF3N4O2/c1-9-7-12(5-6-13(9)21)14-8-28-17(19(30)26-14)15(20(22,23)24)16(27-28)18(29)25-10(2)11-3-4-11/h5-8,10-11H,3-4H2,1-2H3,(H,25,29)(H,26,30)/t10-/m0/s1. The Morgan fingerprint density at radius 3 is 2.67 bits per heavy atom. The summed E-state index contributed by atoms with van der Waals surface area (Å²) in [7, 11) is 0. The Kier molecular flexibility index (Phi) is 4.88. The van der Waals surface area contributed by atoms with Crippen LogP contribution < -0.4 is 10.9 Å². The number of carbonyl (C=O) groups is 1. The third kappa shape index (κ3) is 3.69. The normalized spacial score (nSPS) is 15.4. The summed E-state index contributed by atoms with van der Waals surface area (Å²) in [6, 6.07) is 4.68. The van der Waals surface area contributed by atoms with Gasteiger partial charge in [-0.15, -0.1) is 0 Å². The number of amides is 1. The van der Waals surface area contributed by atoms with Gasteiger partial charge in [-0.1, -0.05) is 17.7 Å². The van der Waals surface area contributed by atoms with Gasteiger partial charge >= 0.3 is 6.18 Å². The van der Waals surface area contributed by atoms with E-state index in [-0.39, 0.29) is 17.7 Å². The Balaban J connectivity index is 1.86. The van der Waals surface area contributed by atoms with E-state index in [0.717, 1.165) is 22.9 Å². The number of rotatable bonds is 4. The second-order valence-electron chi connectivity index (χ2n) is 7.57. The molecular formula is C20H18ClF3N4O2. The Morgan fingerprint density at radius 2 is 2.07 bits per heavy atom. The number of halogens is 4. The zero-order chi connectivity index (χ0) is 21.8. The minimum absolute atomic E-state index is 0.252. The van der Waals surface area contributed by atoms with Crippen LogP contribution in [0.25, 0.3) is 16.8 Å². The molecule has 2 aromatic heterocycles. The van der Waals surface area contributed by atoms with Gasteiger partial charge in [0.2, 0.25) is 0 Å². The maximum atomic E-state index is 13.8. The lowest BCUT2D eigenvalue weighted by Gasteiger charge is -2.13. The number of alkyl halides is 3. The zero-order valence-electron chi connectivity index (χ0n) is 16.1. The average molecular weight is 439 g/mol. The summed E-state index contributed by atoms with van der Waals surface area (Å²) in [5.74, 6) is -0.697. The molecule has 0 saturated heterocycles. The van der Waals surface area contributed by atoms with Gasteiger partial charge in [0, 0.05) is 11.1 Å². The van der Waals surface area contributed by atoms with Crippen molar-refractivity contribution in [1.29, 1.82) is 0 Å². The van der Waals surface area contributed by atoms with Crippen molar-refractivity contribution in [2.45, 2.75) is 38.9 Å². The summed E-state index contributed by atoms with van der Waals surface area (Å²) in [6.07, 6.45) is -1.83. The van der Waals surface area contributed by atoms with Crippen LogP contribution >= 0.6 is 11.6 Å². The molecule has 0 aliphatic heterocycles. The first-order valence-corrected chi connectivity index (χ1v) is 9.74. The molecular weight excluding hydrogens is 421 g/mol. The molecule has 10 heteroatoms. The second kappa shape index (κ2) is 7.16. The van der Waals surface area contributed by atoms with Gasteiger partial charge in [-0.05, 0) is 55.9 Å². The fraction of sp³-hybridized carbons (Fsp3) is 0.350. The molecule has 0 radical (unpaired) electrons. The third-order valence-corrected chi connectivity index (χ3v) is 5.70. The highest BCUT2D eigenvalue weighted by Crippen LogP contribution is 2.36. The summed E-state index contributed by atoms with van der Waals surface area (Å²) in [6.45, 7) is 3.51. The predicted molar refractivity (Wildman–Crippen MR) is 106 cm³/mol. The number of aromatic amines is 1. The SMILES string of the molecule is Cc1cc(-c2cn3nc(C(=O)N[C@@H](C)C4CC4)c(C(F)(F)F)c3c(=O)[nH]2)ccc1Cl. The number of hydrogen-bond donors (Lipinski definition) is 2. The topological polar surface area (TPSA) is 79.3 Å². The van der Waals surface area contributed by atoms with Crippen LogP contribution in [0.15, 0.2) is 29.2 Å². The highest BCUT2D eigenvalue weighted by atomic mass is 35.5. The molecule has 0 spiro atoms. The van der Waals surface area contributed by atoms with Crippen LogP contribution in [0.3, 0.4) is 0 Å². The van der Waals surface area contributed by atoms with Crippen molar-refractivity contribution in [2.24, 2.45) is 5.92 Å². The molecule has 3 aromatic rings. The molecule has 1 aliphatic rings. The van der Waals surface area contributed by atoms with Gasteiger partial charge in [0.15, 0.2) is 5.69 Å². The summed E-state index contributed by atoms with van der Waals surface area (Å²) >= 11 is 6.01. The largest absolute Gasteiger partial charge is 0.421 e. The van der Waals surface area contributed by atoms with E-state index < -0.39 is 34.4 Å². The molecule has 2 N–H and O–H groups in total. The Labute approximate surface area is 174 Å². The van der Waals surface area contributed by atoms with E-state index in [1.165, 1.54) is 6.20 Å². The van der Waals surface area contributed by atoms with Crippen molar-refractivity contribution >= 4 is 23.0 Å². The average Bonchev–Trinajstić information content (AvgIpc) is 3.42. The Bertz CT molecular complexity index is 1210. The molecule has 1 aromatic carbocycles. The smallest absolute Gasteiger partial charge is 0.348 e. The molecule has 0 unspecified atom stereocenters. The van der Waals surface area contributed by atoms with E-state index in [2.05, 4.69) is 15.4 Å². The van der Waals surface area contributed by atoms with Crippen molar-refractivity contribution in [1.82, 2.24) is 19.9 Å². The molecule has 30 heavy (non-hydrogen) atoms. The van der Waals surface area contributed by atoms with Crippen molar-refractivity contribution in [3.8, 4) is 11.3 Å². The number of fused-ring (bicyclic) bond motifs is 1. The zero-order valence-corrected chi connectivity index (χ0v) is 16.9. The molecule has 1 amide bonds. The fourth-order valence-corrected chi connectivity index (χ4v) is 3.57. The Morgan fingerprint density at radius 1 is 1.37 bits per heavy atom. The van der Waals surface area contributed by atoms with Crippen molar-refractivity contribution in [2.75, 3.05) is 0 Å². The molecule has 1 fully saturated rings. The maximum Gasteiger partial charge on any atom is 0.421 e. The first-order valence-electron chi connectivity index (χ1n) is 9.36. The van der Waals surface area contributed by atoms with Gasteiger partial charge in [-0.2, -0.15) is 18.3 Å². The first kappa shape index (κ1) is 20.5. The first-order chi connectivity index (χ1) is 14.1. The van der Waals surface area contributed by atoms with Gasteiger partial charge in [-0.3, -0.25) is 9.59 Å². The lowest BCUT2D eigenvalue weighted by Crippen LogP contribution is -2.35. The maximum absolute atomic E-state index is 13.8. The summed E-state index contributed by atoms with van der Waals surface area (Å²) in [5, 5.41) is 6.92. The van der Waals surface area contributed by atoms with Crippen LogP contribution in [0.5, 0.6) is 0 Å². The van der Waals surface area contributed by atoms with E-state index in [9.17, 15) is 22.8 Å². The number of carbonyl (C=O) groups excluding carboxylic acids is 1. The highest BCUT2D eigenvalue weighted by Gasteiger charge is 2.42. The van der Waals surface area contributed by atoms with Gasteiger partial charge in [0.1, 0.15) is 11.1 Å². The lowest BCUT2D eigenvalue weighted by atomic mass is 10.1. The van der Waals surface area contributed by atoms with Crippen molar-refractivity contribution in [3.63, 3.8) is 0 Å². The summed E-state index contributed by atoms with van der Waals surface area (Å²) in [4.78, 5) is 27.6. The van der Waals surface area contributed by atoms with Crippen molar-refractivity contribution in [3.05, 3.63) is 56.6 Å². The number of nitrogens with one attached hydrogen (secondary N) is 2. The van der Waals surface area contributed by atoms with E-state index in [1.807, 2.05) is 0 Å². The lowest BCUT2D eigenvalue weighted by molar-refractivity contribution is -0.136. The number of hydrogen-bond acceptors (Lipinski definition) is 3.